The molecule has 0 amide bonds. The molecule has 4 unspecified atom stereocenters. The van der Waals surface area contributed by atoms with Crippen LogP contribution in [0.1, 0.15) is 98.8 Å². The van der Waals surface area contributed by atoms with Crippen LogP contribution in [0.2, 0.25) is 0 Å². The molecule has 0 bridgehead atoms. The van der Waals surface area contributed by atoms with E-state index in [0.29, 0.717) is 47.6 Å². The fourth-order valence-corrected chi connectivity index (χ4v) is 9.75. The van der Waals surface area contributed by atoms with Crippen LogP contribution in [0.3, 0.4) is 0 Å². The third-order valence-corrected chi connectivity index (χ3v) is 11.6. The molecule has 0 heterocycles. The number of fused-ring (bicyclic) bond motifs is 5. The number of hydrogen-bond acceptors (Lipinski definition) is 5. The van der Waals surface area contributed by atoms with E-state index in [1.807, 2.05) is 0 Å². The molecule has 4 rings (SSSR count). The number of esters is 1. The topological polar surface area (TPSA) is 70.6 Å². The zero-order chi connectivity index (χ0) is 25.4. The molecular formula is C30H54N2O3. The summed E-state index contributed by atoms with van der Waals surface area (Å²) in [7, 11) is 1.50. The van der Waals surface area contributed by atoms with Crippen LogP contribution >= 0.6 is 0 Å². The summed E-state index contributed by atoms with van der Waals surface area (Å²) in [5.41, 5.74) is 0.647. The Kier molecular flexibility index (Phi) is 8.60. The zero-order valence-electron chi connectivity index (χ0n) is 23.4. The second-order valence-corrected chi connectivity index (χ2v) is 13.6. The van der Waals surface area contributed by atoms with Crippen LogP contribution < -0.4 is 10.6 Å². The van der Waals surface area contributed by atoms with E-state index in [-0.39, 0.29) is 17.5 Å². The number of nitrogens with one attached hydrogen (secondary N) is 2. The predicted octanol–water partition coefficient (Wildman–Crippen LogP) is 5.16. The fourth-order valence-electron chi connectivity index (χ4n) is 9.75. The van der Waals surface area contributed by atoms with E-state index >= 15 is 0 Å². The molecule has 0 aromatic heterocycles. The normalized spacial score (nSPS) is 43.8. The number of ether oxygens (including phenoxy) is 1. The highest BCUT2D eigenvalue weighted by molar-refractivity contribution is 5.69. The SMILES string of the molecule is COC(=O)CC[C@@H](C)C1CCC2C3C[C@@H](O)[C@H]4C[C@H](NCCNC(C)C)CC[C@]4(C)C3CC[C@@]21C. The minimum Gasteiger partial charge on any atom is -0.469 e. The molecular weight excluding hydrogens is 436 g/mol. The highest BCUT2D eigenvalue weighted by atomic mass is 16.5. The van der Waals surface area contributed by atoms with E-state index in [9.17, 15) is 9.90 Å². The number of aliphatic hydroxyl groups is 1. The van der Waals surface area contributed by atoms with Crippen LogP contribution in [0.5, 0.6) is 0 Å². The van der Waals surface area contributed by atoms with Gasteiger partial charge in [0.2, 0.25) is 0 Å². The molecule has 35 heavy (non-hydrogen) atoms. The average Bonchev–Trinajstić information content (AvgIpc) is 3.18. The third kappa shape index (κ3) is 5.34. The third-order valence-electron chi connectivity index (χ3n) is 11.6. The Labute approximate surface area is 214 Å². The van der Waals surface area contributed by atoms with Crippen molar-refractivity contribution in [1.82, 2.24) is 10.6 Å². The lowest BCUT2D eigenvalue weighted by atomic mass is 9.43. The number of hydrogen-bond donors (Lipinski definition) is 3. The molecule has 202 valence electrons. The van der Waals surface area contributed by atoms with Gasteiger partial charge in [-0.3, -0.25) is 4.79 Å². The number of carbonyl (C=O) groups excluding carboxylic acids is 1. The van der Waals surface area contributed by atoms with Gasteiger partial charge in [-0.05, 0) is 104 Å². The molecule has 4 aliphatic rings. The smallest absolute Gasteiger partial charge is 0.305 e. The summed E-state index contributed by atoms with van der Waals surface area (Å²) < 4.78 is 4.91. The number of methoxy groups -OCH3 is 1. The Bertz CT molecular complexity index is 728. The van der Waals surface area contributed by atoms with Crippen LogP contribution in [0.25, 0.3) is 0 Å². The summed E-state index contributed by atoms with van der Waals surface area (Å²) in [4.78, 5) is 11.8. The van der Waals surface area contributed by atoms with Crippen molar-refractivity contribution in [3.05, 3.63) is 0 Å². The van der Waals surface area contributed by atoms with Gasteiger partial charge in [-0.1, -0.05) is 34.6 Å². The summed E-state index contributed by atoms with van der Waals surface area (Å²) >= 11 is 0. The first kappa shape index (κ1) is 27.4. The van der Waals surface area contributed by atoms with Crippen LogP contribution in [0.4, 0.5) is 0 Å². The van der Waals surface area contributed by atoms with Gasteiger partial charge in [-0.15, -0.1) is 0 Å². The molecule has 5 nitrogen and oxygen atoms in total. The van der Waals surface area contributed by atoms with Gasteiger partial charge in [0, 0.05) is 31.6 Å². The summed E-state index contributed by atoms with van der Waals surface area (Å²) in [6.45, 7) is 13.9. The van der Waals surface area contributed by atoms with Gasteiger partial charge in [-0.2, -0.15) is 0 Å². The summed E-state index contributed by atoms with van der Waals surface area (Å²) in [5.74, 6) is 3.79. The summed E-state index contributed by atoms with van der Waals surface area (Å²) in [6.07, 6.45) is 11.2. The fraction of sp³-hybridized carbons (Fsp3) is 0.967. The molecule has 3 N–H and O–H groups in total. The number of aliphatic hydroxyl groups excluding tert-OH is 1. The van der Waals surface area contributed by atoms with Crippen molar-refractivity contribution in [2.24, 2.45) is 46.3 Å². The number of rotatable bonds is 9. The quantitative estimate of drug-likeness (QED) is 0.308. The van der Waals surface area contributed by atoms with Gasteiger partial charge < -0.3 is 20.5 Å². The van der Waals surface area contributed by atoms with Gasteiger partial charge in [0.1, 0.15) is 0 Å². The Balaban J connectivity index is 1.40. The summed E-state index contributed by atoms with van der Waals surface area (Å²) in [6, 6.07) is 1.08. The monoisotopic (exact) mass is 490 g/mol. The van der Waals surface area contributed by atoms with E-state index in [2.05, 4.69) is 45.3 Å². The Morgan fingerprint density at radius 3 is 2.40 bits per heavy atom. The molecule has 5 heteroatoms. The van der Waals surface area contributed by atoms with Crippen LogP contribution in [-0.2, 0) is 9.53 Å². The lowest BCUT2D eigenvalue weighted by molar-refractivity contribution is -0.162. The predicted molar refractivity (Wildman–Crippen MR) is 142 cm³/mol. The largest absolute Gasteiger partial charge is 0.469 e. The van der Waals surface area contributed by atoms with Crippen molar-refractivity contribution in [2.45, 2.75) is 117 Å². The second-order valence-electron chi connectivity index (χ2n) is 13.6. The van der Waals surface area contributed by atoms with Crippen molar-refractivity contribution in [3.8, 4) is 0 Å². The molecule has 4 fully saturated rings. The van der Waals surface area contributed by atoms with Gasteiger partial charge in [0.05, 0.1) is 13.2 Å². The van der Waals surface area contributed by atoms with Gasteiger partial charge in [-0.25, -0.2) is 0 Å². The standard InChI is InChI=1S/C30H54N2O3/c1-19(2)31-15-16-32-21-11-13-30(5)25-12-14-29(4)23(20(3)7-10-28(34)35-6)8-9-24(29)22(25)18-27(33)26(30)17-21/h19-27,31-33H,7-18H2,1-6H3/t20-,21-,22?,23?,24?,25?,26-,27-,29-,30-/m1/s1. The number of carbonyl (C=O) groups is 1. The molecule has 0 radical (unpaired) electrons. The maximum Gasteiger partial charge on any atom is 0.305 e. The first-order valence-corrected chi connectivity index (χ1v) is 14.8. The maximum absolute atomic E-state index is 11.8. The highest BCUT2D eigenvalue weighted by Crippen LogP contribution is 2.68. The first-order valence-electron chi connectivity index (χ1n) is 14.8. The van der Waals surface area contributed by atoms with Crippen molar-refractivity contribution in [3.63, 3.8) is 0 Å². The zero-order valence-corrected chi connectivity index (χ0v) is 23.4. The van der Waals surface area contributed by atoms with Gasteiger partial charge in [0.25, 0.3) is 0 Å². The minimum atomic E-state index is -0.155. The van der Waals surface area contributed by atoms with Crippen LogP contribution in [0.15, 0.2) is 0 Å². The van der Waals surface area contributed by atoms with E-state index in [0.717, 1.165) is 44.2 Å². The van der Waals surface area contributed by atoms with Crippen LogP contribution in [-0.4, -0.2) is 49.5 Å². The second kappa shape index (κ2) is 11.0. The molecule has 0 aliphatic heterocycles. The van der Waals surface area contributed by atoms with E-state index in [4.69, 9.17) is 4.74 Å². The van der Waals surface area contributed by atoms with E-state index in [1.54, 1.807) is 0 Å². The lowest BCUT2D eigenvalue weighted by Crippen LogP contribution is -2.59. The van der Waals surface area contributed by atoms with E-state index in [1.165, 1.54) is 45.6 Å². The van der Waals surface area contributed by atoms with E-state index < -0.39 is 0 Å². The van der Waals surface area contributed by atoms with Gasteiger partial charge >= 0.3 is 5.97 Å². The molecule has 4 saturated carbocycles. The van der Waals surface area contributed by atoms with Crippen molar-refractivity contribution >= 4 is 5.97 Å². The first-order chi connectivity index (χ1) is 16.6. The van der Waals surface area contributed by atoms with Crippen molar-refractivity contribution < 1.29 is 14.6 Å². The van der Waals surface area contributed by atoms with Gasteiger partial charge in [0.15, 0.2) is 0 Å². The molecule has 4 aliphatic carbocycles. The molecule has 0 saturated heterocycles. The van der Waals surface area contributed by atoms with Crippen molar-refractivity contribution in [1.29, 1.82) is 0 Å². The maximum atomic E-state index is 11.8. The Hall–Kier alpha value is -0.650. The Morgan fingerprint density at radius 2 is 1.69 bits per heavy atom. The van der Waals surface area contributed by atoms with Crippen LogP contribution in [0, 0.1) is 46.3 Å². The average molecular weight is 491 g/mol. The minimum absolute atomic E-state index is 0.0732. The molecule has 0 spiro atoms. The van der Waals surface area contributed by atoms with Crippen molar-refractivity contribution in [2.75, 3.05) is 20.2 Å². The lowest BCUT2D eigenvalue weighted by Gasteiger charge is -2.62. The molecule has 0 aromatic carbocycles. The Morgan fingerprint density at radius 1 is 0.971 bits per heavy atom. The summed E-state index contributed by atoms with van der Waals surface area (Å²) in [5, 5.41) is 18.8. The molecule has 0 aromatic rings. The highest BCUT2D eigenvalue weighted by Gasteiger charge is 2.62. The molecule has 10 atom stereocenters.